The van der Waals surface area contributed by atoms with Gasteiger partial charge in [-0.05, 0) is 55.9 Å². The topological polar surface area (TPSA) is 59.0 Å². The molecule has 1 heterocycles. The molecule has 4 aromatic carbocycles. The van der Waals surface area contributed by atoms with Gasteiger partial charge in [0.2, 0.25) is 0 Å². The Balaban J connectivity index is 1.24. The summed E-state index contributed by atoms with van der Waals surface area (Å²) in [6.07, 6.45) is 1.55. The number of ether oxygens (including phenoxy) is 1. The lowest BCUT2D eigenvalue weighted by Crippen LogP contribution is -2.41. The molecule has 7 heteroatoms. The molecule has 5 nitrogen and oxygen atoms in total. The van der Waals surface area contributed by atoms with Crippen LogP contribution in [0.2, 0.25) is 0 Å². The van der Waals surface area contributed by atoms with Gasteiger partial charge in [0.1, 0.15) is 12.4 Å². The van der Waals surface area contributed by atoms with Crippen molar-refractivity contribution in [1.82, 2.24) is 5.01 Å². The standard InChI is InChI=1S/C32H22Br2N2O3/c33-20-14-19(30(25(34)15-20)39-17-18-8-2-1-3-9-18)16-35-36-31(37)28-26-21-10-4-5-11-22(21)27(29(28)32(36)38)24-13-7-6-12-23(24)26/h1-16,26-29H,17H2/b35-16+. The molecule has 2 amide bonds. The molecular formula is C32H22Br2N2O3. The first-order valence-electron chi connectivity index (χ1n) is 12.8. The minimum atomic E-state index is -0.465. The zero-order valence-electron chi connectivity index (χ0n) is 20.6. The maximum atomic E-state index is 13.9. The third kappa shape index (κ3) is 3.90. The van der Waals surface area contributed by atoms with Gasteiger partial charge in [-0.2, -0.15) is 10.1 Å². The largest absolute Gasteiger partial charge is 0.487 e. The lowest BCUT2D eigenvalue weighted by atomic mass is 9.55. The average molecular weight is 642 g/mol. The minimum absolute atomic E-state index is 0.158. The summed E-state index contributed by atoms with van der Waals surface area (Å²) in [4.78, 5) is 27.7. The number of carbonyl (C=O) groups excluding carboxylic acids is 2. The minimum Gasteiger partial charge on any atom is -0.487 e. The third-order valence-electron chi connectivity index (χ3n) is 8.00. The summed E-state index contributed by atoms with van der Waals surface area (Å²) in [6.45, 7) is 0.369. The van der Waals surface area contributed by atoms with E-state index in [4.69, 9.17) is 4.74 Å². The normalized spacial score (nSPS) is 22.7. The fourth-order valence-electron chi connectivity index (χ4n) is 6.45. The molecule has 1 saturated heterocycles. The molecule has 1 fully saturated rings. The molecule has 2 unspecified atom stereocenters. The van der Waals surface area contributed by atoms with Gasteiger partial charge in [-0.25, -0.2) is 0 Å². The van der Waals surface area contributed by atoms with Crippen LogP contribution in [0.3, 0.4) is 0 Å². The molecule has 4 aromatic rings. The van der Waals surface area contributed by atoms with Crippen LogP contribution in [0.1, 0.15) is 45.2 Å². The first kappa shape index (κ1) is 24.5. The number of benzene rings is 4. The van der Waals surface area contributed by atoms with E-state index in [9.17, 15) is 9.59 Å². The predicted octanol–water partition coefficient (Wildman–Crippen LogP) is 7.02. The van der Waals surface area contributed by atoms with E-state index in [0.29, 0.717) is 17.9 Å². The van der Waals surface area contributed by atoms with Crippen molar-refractivity contribution in [3.63, 3.8) is 0 Å². The number of hydrogen-bond donors (Lipinski definition) is 0. The Kier molecular flexibility index (Phi) is 6.01. The average Bonchev–Trinajstić information content (AvgIpc) is 3.21. The summed E-state index contributed by atoms with van der Waals surface area (Å²) in [5, 5.41) is 5.57. The number of imide groups is 1. The molecule has 3 aliphatic carbocycles. The maximum absolute atomic E-state index is 13.9. The Morgan fingerprint density at radius 2 is 1.26 bits per heavy atom. The molecule has 8 rings (SSSR count). The van der Waals surface area contributed by atoms with Gasteiger partial charge in [0.25, 0.3) is 11.8 Å². The molecule has 192 valence electrons. The van der Waals surface area contributed by atoms with Crippen molar-refractivity contribution in [3.8, 4) is 5.75 Å². The van der Waals surface area contributed by atoms with Crippen molar-refractivity contribution in [2.45, 2.75) is 18.4 Å². The van der Waals surface area contributed by atoms with Gasteiger partial charge >= 0.3 is 0 Å². The van der Waals surface area contributed by atoms with E-state index in [1.54, 1.807) is 6.21 Å². The second-order valence-corrected chi connectivity index (χ2v) is 11.8. The molecule has 0 saturated carbocycles. The van der Waals surface area contributed by atoms with Gasteiger partial charge in [0.15, 0.2) is 0 Å². The van der Waals surface area contributed by atoms with E-state index < -0.39 is 11.8 Å². The van der Waals surface area contributed by atoms with Gasteiger partial charge in [0.05, 0.1) is 22.5 Å². The van der Waals surface area contributed by atoms with Crippen molar-refractivity contribution in [1.29, 1.82) is 0 Å². The van der Waals surface area contributed by atoms with Crippen molar-refractivity contribution in [2.24, 2.45) is 16.9 Å². The summed E-state index contributed by atoms with van der Waals surface area (Å²) in [7, 11) is 0. The van der Waals surface area contributed by atoms with Gasteiger partial charge < -0.3 is 4.74 Å². The van der Waals surface area contributed by atoms with Crippen LogP contribution in [0.5, 0.6) is 5.75 Å². The maximum Gasteiger partial charge on any atom is 0.254 e. The van der Waals surface area contributed by atoms with Crippen molar-refractivity contribution >= 4 is 49.9 Å². The van der Waals surface area contributed by atoms with Crippen LogP contribution in [0.15, 0.2) is 105 Å². The molecule has 2 bridgehead atoms. The van der Waals surface area contributed by atoms with E-state index in [-0.39, 0.29) is 23.7 Å². The Morgan fingerprint density at radius 3 is 1.79 bits per heavy atom. The van der Waals surface area contributed by atoms with Crippen molar-refractivity contribution < 1.29 is 14.3 Å². The number of carbonyl (C=O) groups is 2. The highest BCUT2D eigenvalue weighted by Gasteiger charge is 2.61. The van der Waals surface area contributed by atoms with Crippen LogP contribution in [0.4, 0.5) is 0 Å². The highest BCUT2D eigenvalue weighted by Crippen LogP contribution is 2.61. The Bertz CT molecular complexity index is 1550. The molecule has 39 heavy (non-hydrogen) atoms. The fraction of sp³-hybridized carbons (Fsp3) is 0.156. The zero-order chi connectivity index (χ0) is 26.7. The number of halogens is 2. The smallest absolute Gasteiger partial charge is 0.254 e. The van der Waals surface area contributed by atoms with Gasteiger partial charge in [0, 0.05) is 21.9 Å². The van der Waals surface area contributed by atoms with E-state index in [1.807, 2.05) is 66.7 Å². The van der Waals surface area contributed by atoms with E-state index in [2.05, 4.69) is 61.2 Å². The lowest BCUT2D eigenvalue weighted by molar-refractivity contribution is -0.139. The molecule has 4 aliphatic rings. The van der Waals surface area contributed by atoms with Crippen LogP contribution in [0, 0.1) is 11.8 Å². The Hall–Kier alpha value is -3.55. The van der Waals surface area contributed by atoms with Crippen LogP contribution >= 0.6 is 31.9 Å². The number of hydrogen-bond acceptors (Lipinski definition) is 4. The number of amides is 2. The molecule has 0 aromatic heterocycles. The van der Waals surface area contributed by atoms with E-state index >= 15 is 0 Å². The lowest BCUT2D eigenvalue weighted by Gasteiger charge is -2.45. The second kappa shape index (κ2) is 9.57. The van der Waals surface area contributed by atoms with Crippen molar-refractivity contribution in [2.75, 3.05) is 0 Å². The number of rotatable bonds is 5. The first-order chi connectivity index (χ1) is 19.0. The predicted molar refractivity (Wildman–Crippen MR) is 156 cm³/mol. The SMILES string of the molecule is O=C1C2C3c4ccccc4C(c4ccccc43)C2C(=O)N1/N=C/c1cc(Br)cc(Br)c1OCc1ccccc1. The fourth-order valence-corrected chi connectivity index (χ4v) is 7.83. The second-order valence-electron chi connectivity index (χ2n) is 10.1. The zero-order valence-corrected chi connectivity index (χ0v) is 23.8. The highest BCUT2D eigenvalue weighted by molar-refractivity contribution is 9.11. The molecule has 0 radical (unpaired) electrons. The summed E-state index contributed by atoms with van der Waals surface area (Å²) in [5.41, 5.74) is 6.24. The number of nitrogens with zero attached hydrogens (tertiary/aromatic N) is 2. The monoisotopic (exact) mass is 640 g/mol. The molecule has 2 atom stereocenters. The van der Waals surface area contributed by atoms with Crippen LogP contribution in [0.25, 0.3) is 0 Å². The Morgan fingerprint density at radius 1 is 0.744 bits per heavy atom. The van der Waals surface area contributed by atoms with Crippen LogP contribution in [-0.2, 0) is 16.2 Å². The van der Waals surface area contributed by atoms with Crippen LogP contribution in [-0.4, -0.2) is 23.0 Å². The summed E-state index contributed by atoms with van der Waals surface area (Å²) < 4.78 is 7.71. The van der Waals surface area contributed by atoms with Gasteiger partial charge in [-0.3, -0.25) is 9.59 Å². The highest BCUT2D eigenvalue weighted by atomic mass is 79.9. The van der Waals surface area contributed by atoms with Crippen molar-refractivity contribution in [3.05, 3.63) is 133 Å². The third-order valence-corrected chi connectivity index (χ3v) is 9.05. The van der Waals surface area contributed by atoms with Crippen LogP contribution < -0.4 is 4.74 Å². The number of hydrazone groups is 1. The summed E-state index contributed by atoms with van der Waals surface area (Å²) >= 11 is 7.12. The molecule has 0 N–H and O–H groups in total. The molecular weight excluding hydrogens is 620 g/mol. The quantitative estimate of drug-likeness (QED) is 0.174. The molecule has 1 aliphatic heterocycles. The van der Waals surface area contributed by atoms with E-state index in [1.165, 1.54) is 0 Å². The summed E-state index contributed by atoms with van der Waals surface area (Å²) in [5.74, 6) is -1.16. The first-order valence-corrected chi connectivity index (χ1v) is 14.4. The molecule has 0 spiro atoms. The van der Waals surface area contributed by atoms with E-state index in [0.717, 1.165) is 41.8 Å². The summed E-state index contributed by atoms with van der Waals surface area (Å²) in [6, 6.07) is 30.1. The van der Waals surface area contributed by atoms with Gasteiger partial charge in [-0.15, -0.1) is 0 Å². The Labute approximate surface area is 242 Å². The van der Waals surface area contributed by atoms with Gasteiger partial charge in [-0.1, -0.05) is 94.8 Å².